The fourth-order valence-electron chi connectivity index (χ4n) is 1.68. The minimum atomic E-state index is -0.221. The van der Waals surface area contributed by atoms with E-state index in [1.54, 1.807) is 25.3 Å². The van der Waals surface area contributed by atoms with E-state index in [1.165, 1.54) is 6.07 Å². The Labute approximate surface area is 106 Å². The number of nitrogens with one attached hydrogen (secondary N) is 1. The Balaban J connectivity index is 2.02. The molecule has 0 fully saturated rings. The highest BCUT2D eigenvalue weighted by atomic mass is 19.1. The minimum Gasteiger partial charge on any atom is -0.489 e. The first-order valence-electron chi connectivity index (χ1n) is 5.79. The zero-order chi connectivity index (χ0) is 13.0. The van der Waals surface area contributed by atoms with Crippen LogP contribution in [-0.4, -0.2) is 7.05 Å². The van der Waals surface area contributed by atoms with Crippen LogP contribution in [0.25, 0.3) is 0 Å². The van der Waals surface area contributed by atoms with Gasteiger partial charge in [0.25, 0.3) is 0 Å². The van der Waals surface area contributed by atoms with Gasteiger partial charge >= 0.3 is 0 Å². The molecule has 0 spiro atoms. The molecule has 1 aromatic carbocycles. The molecule has 0 amide bonds. The van der Waals surface area contributed by atoms with E-state index in [0.717, 1.165) is 11.3 Å². The SMILES string of the molecule is CNCc1occc1COc1ccc(F)c(C)c1. The lowest BCUT2D eigenvalue weighted by molar-refractivity contribution is 0.301. The van der Waals surface area contributed by atoms with Crippen LogP contribution >= 0.6 is 0 Å². The van der Waals surface area contributed by atoms with Gasteiger partial charge in [-0.3, -0.25) is 0 Å². The van der Waals surface area contributed by atoms with Gasteiger partial charge in [0.15, 0.2) is 0 Å². The van der Waals surface area contributed by atoms with Crippen molar-refractivity contribution in [2.24, 2.45) is 0 Å². The Morgan fingerprint density at radius 2 is 2.17 bits per heavy atom. The molecule has 0 saturated carbocycles. The molecule has 1 heterocycles. The van der Waals surface area contributed by atoms with Crippen LogP contribution in [0, 0.1) is 12.7 Å². The number of hydrogen-bond donors (Lipinski definition) is 1. The number of furan rings is 1. The predicted molar refractivity (Wildman–Crippen MR) is 66.9 cm³/mol. The zero-order valence-electron chi connectivity index (χ0n) is 10.5. The number of halogens is 1. The monoisotopic (exact) mass is 249 g/mol. The number of aryl methyl sites for hydroxylation is 1. The van der Waals surface area contributed by atoms with Gasteiger partial charge < -0.3 is 14.5 Å². The second-order valence-electron chi connectivity index (χ2n) is 4.10. The van der Waals surface area contributed by atoms with Crippen LogP contribution in [0.3, 0.4) is 0 Å². The molecule has 0 aliphatic carbocycles. The summed E-state index contributed by atoms with van der Waals surface area (Å²) in [6.45, 7) is 2.79. The molecule has 96 valence electrons. The minimum absolute atomic E-state index is 0.221. The van der Waals surface area contributed by atoms with Gasteiger partial charge in [0, 0.05) is 5.56 Å². The van der Waals surface area contributed by atoms with Gasteiger partial charge in [0.1, 0.15) is 23.9 Å². The Hall–Kier alpha value is -1.81. The van der Waals surface area contributed by atoms with Crippen LogP contribution < -0.4 is 10.1 Å². The van der Waals surface area contributed by atoms with E-state index in [2.05, 4.69) is 5.32 Å². The maximum Gasteiger partial charge on any atom is 0.126 e. The van der Waals surface area contributed by atoms with Crippen molar-refractivity contribution in [1.82, 2.24) is 5.32 Å². The third kappa shape index (κ3) is 2.90. The Morgan fingerprint density at radius 1 is 1.33 bits per heavy atom. The van der Waals surface area contributed by atoms with E-state index >= 15 is 0 Å². The first-order valence-corrected chi connectivity index (χ1v) is 5.79. The van der Waals surface area contributed by atoms with Crippen LogP contribution in [0.1, 0.15) is 16.9 Å². The molecule has 2 rings (SSSR count). The standard InChI is InChI=1S/C14H16FNO2/c1-10-7-12(3-4-13(10)15)18-9-11-5-6-17-14(11)8-16-2/h3-7,16H,8-9H2,1-2H3. The van der Waals surface area contributed by atoms with Gasteiger partial charge in [-0.2, -0.15) is 0 Å². The van der Waals surface area contributed by atoms with E-state index in [9.17, 15) is 4.39 Å². The molecular formula is C14H16FNO2. The van der Waals surface area contributed by atoms with Gasteiger partial charge in [-0.05, 0) is 43.8 Å². The second-order valence-corrected chi connectivity index (χ2v) is 4.10. The van der Waals surface area contributed by atoms with E-state index in [0.29, 0.717) is 24.5 Å². The lowest BCUT2D eigenvalue weighted by Crippen LogP contribution is -2.07. The average molecular weight is 249 g/mol. The molecule has 0 radical (unpaired) electrons. The van der Waals surface area contributed by atoms with Crippen molar-refractivity contribution in [1.29, 1.82) is 0 Å². The summed E-state index contributed by atoms with van der Waals surface area (Å²) < 4.78 is 24.1. The summed E-state index contributed by atoms with van der Waals surface area (Å²) in [4.78, 5) is 0. The lowest BCUT2D eigenvalue weighted by atomic mass is 10.2. The predicted octanol–water partition coefficient (Wildman–Crippen LogP) is 3.03. The molecule has 0 aliphatic heterocycles. The average Bonchev–Trinajstić information content (AvgIpc) is 2.79. The quantitative estimate of drug-likeness (QED) is 0.884. The summed E-state index contributed by atoms with van der Waals surface area (Å²) in [6, 6.07) is 6.60. The van der Waals surface area contributed by atoms with Crippen LogP contribution in [0.2, 0.25) is 0 Å². The highest BCUT2D eigenvalue weighted by Gasteiger charge is 2.06. The van der Waals surface area contributed by atoms with Crippen LogP contribution in [0.15, 0.2) is 34.9 Å². The van der Waals surface area contributed by atoms with Crippen LogP contribution in [-0.2, 0) is 13.2 Å². The third-order valence-corrected chi connectivity index (χ3v) is 2.70. The number of ether oxygens (including phenoxy) is 1. The largest absolute Gasteiger partial charge is 0.489 e. The lowest BCUT2D eigenvalue weighted by Gasteiger charge is -2.07. The van der Waals surface area contributed by atoms with Crippen molar-refractivity contribution in [2.75, 3.05) is 7.05 Å². The molecule has 18 heavy (non-hydrogen) atoms. The van der Waals surface area contributed by atoms with Gasteiger partial charge in [0.2, 0.25) is 0 Å². The first kappa shape index (κ1) is 12.6. The van der Waals surface area contributed by atoms with Crippen molar-refractivity contribution in [3.8, 4) is 5.75 Å². The summed E-state index contributed by atoms with van der Waals surface area (Å²) in [5, 5.41) is 3.03. The molecule has 1 N–H and O–H groups in total. The molecule has 2 aromatic rings. The number of hydrogen-bond acceptors (Lipinski definition) is 3. The molecule has 4 heteroatoms. The highest BCUT2D eigenvalue weighted by Crippen LogP contribution is 2.19. The third-order valence-electron chi connectivity index (χ3n) is 2.70. The van der Waals surface area contributed by atoms with Crippen molar-refractivity contribution < 1.29 is 13.5 Å². The summed E-state index contributed by atoms with van der Waals surface area (Å²) in [7, 11) is 1.86. The van der Waals surface area contributed by atoms with Crippen molar-refractivity contribution in [2.45, 2.75) is 20.1 Å². The Morgan fingerprint density at radius 3 is 2.89 bits per heavy atom. The van der Waals surface area contributed by atoms with Crippen molar-refractivity contribution in [3.63, 3.8) is 0 Å². The van der Waals surface area contributed by atoms with E-state index in [-0.39, 0.29) is 5.82 Å². The topological polar surface area (TPSA) is 34.4 Å². The van der Waals surface area contributed by atoms with Gasteiger partial charge in [-0.15, -0.1) is 0 Å². The molecule has 0 bridgehead atoms. The second kappa shape index (κ2) is 5.69. The molecule has 0 unspecified atom stereocenters. The Bertz CT molecular complexity index is 522. The number of rotatable bonds is 5. The fraction of sp³-hybridized carbons (Fsp3) is 0.286. The van der Waals surface area contributed by atoms with Crippen molar-refractivity contribution in [3.05, 3.63) is 53.2 Å². The maximum atomic E-state index is 13.1. The summed E-state index contributed by atoms with van der Waals surface area (Å²) >= 11 is 0. The Kier molecular flexibility index (Phi) is 3.99. The molecular weight excluding hydrogens is 233 g/mol. The molecule has 0 saturated heterocycles. The smallest absolute Gasteiger partial charge is 0.126 e. The number of benzene rings is 1. The molecule has 1 aromatic heterocycles. The summed E-state index contributed by atoms with van der Waals surface area (Å²) in [6.07, 6.45) is 1.64. The van der Waals surface area contributed by atoms with Gasteiger partial charge in [-0.1, -0.05) is 0 Å². The normalized spacial score (nSPS) is 10.6. The maximum absolute atomic E-state index is 13.1. The van der Waals surface area contributed by atoms with E-state index in [1.807, 2.05) is 13.1 Å². The summed E-state index contributed by atoms with van der Waals surface area (Å²) in [5.74, 6) is 1.29. The highest BCUT2D eigenvalue weighted by molar-refractivity contribution is 5.29. The van der Waals surface area contributed by atoms with Crippen LogP contribution in [0.4, 0.5) is 4.39 Å². The summed E-state index contributed by atoms with van der Waals surface area (Å²) in [5.41, 5.74) is 1.57. The molecule has 0 aliphatic rings. The van der Waals surface area contributed by atoms with Gasteiger partial charge in [0.05, 0.1) is 12.8 Å². The van der Waals surface area contributed by atoms with E-state index < -0.39 is 0 Å². The van der Waals surface area contributed by atoms with E-state index in [4.69, 9.17) is 9.15 Å². The first-order chi connectivity index (χ1) is 8.70. The molecule has 0 atom stereocenters. The molecule has 3 nitrogen and oxygen atoms in total. The zero-order valence-corrected chi connectivity index (χ0v) is 10.5. The van der Waals surface area contributed by atoms with Crippen molar-refractivity contribution >= 4 is 0 Å². The van der Waals surface area contributed by atoms with Crippen LogP contribution in [0.5, 0.6) is 5.75 Å². The fourth-order valence-corrected chi connectivity index (χ4v) is 1.68. The van der Waals surface area contributed by atoms with Gasteiger partial charge in [-0.25, -0.2) is 4.39 Å².